The number of aryl methyl sites for hydroxylation is 1. The van der Waals surface area contributed by atoms with Gasteiger partial charge in [-0.25, -0.2) is 4.79 Å². The first-order valence-electron chi connectivity index (χ1n) is 8.12. The van der Waals surface area contributed by atoms with E-state index in [1.165, 1.54) is 18.2 Å². The van der Waals surface area contributed by atoms with Crippen LogP contribution in [0.15, 0.2) is 11.5 Å². The predicted octanol–water partition coefficient (Wildman–Crippen LogP) is 2.04. The molecule has 0 spiro atoms. The largest absolute Gasteiger partial charge is 0.335 e. The van der Waals surface area contributed by atoms with E-state index in [9.17, 15) is 9.59 Å². The molecule has 7 nitrogen and oxygen atoms in total. The summed E-state index contributed by atoms with van der Waals surface area (Å²) in [6.07, 6.45) is 4.92. The van der Waals surface area contributed by atoms with Crippen LogP contribution >= 0.6 is 11.8 Å². The summed E-state index contributed by atoms with van der Waals surface area (Å²) >= 11 is 1.27. The van der Waals surface area contributed by atoms with Crippen molar-refractivity contribution in [3.05, 3.63) is 6.33 Å². The second-order valence-corrected chi connectivity index (χ2v) is 7.03. The average Bonchev–Trinajstić information content (AvgIpc) is 2.97. The first-order chi connectivity index (χ1) is 11.0. The summed E-state index contributed by atoms with van der Waals surface area (Å²) in [4.78, 5) is 23.9. The van der Waals surface area contributed by atoms with Gasteiger partial charge in [-0.05, 0) is 25.2 Å². The maximum Gasteiger partial charge on any atom is 0.321 e. The second-order valence-electron chi connectivity index (χ2n) is 6.08. The van der Waals surface area contributed by atoms with Gasteiger partial charge in [-0.15, -0.1) is 10.2 Å². The standard InChI is InChI=1S/C15H25N5O2S/c1-4-20-9-16-19-15(20)23-8-13(21)18-14(22)17-12-7-5-6-10(2)11(12)3/h9-12H,4-8H2,1-3H3,(H2,17,18,21,22)/t10-,11-,12-/m1/s1. The third kappa shape index (κ3) is 4.95. The Kier molecular flexibility index (Phi) is 6.44. The summed E-state index contributed by atoms with van der Waals surface area (Å²) in [7, 11) is 0. The van der Waals surface area contributed by atoms with Gasteiger partial charge in [0, 0.05) is 12.6 Å². The minimum Gasteiger partial charge on any atom is -0.335 e. The smallest absolute Gasteiger partial charge is 0.321 e. The number of aromatic nitrogens is 3. The third-order valence-electron chi connectivity index (χ3n) is 4.53. The van der Waals surface area contributed by atoms with Crippen LogP contribution in [0.5, 0.6) is 0 Å². The van der Waals surface area contributed by atoms with Gasteiger partial charge in [0.1, 0.15) is 6.33 Å². The summed E-state index contributed by atoms with van der Waals surface area (Å²) in [5.74, 6) is 0.848. The van der Waals surface area contributed by atoms with Gasteiger partial charge in [-0.2, -0.15) is 0 Å². The molecule has 0 saturated heterocycles. The van der Waals surface area contributed by atoms with Gasteiger partial charge in [0.25, 0.3) is 0 Å². The molecule has 1 aromatic heterocycles. The Labute approximate surface area is 141 Å². The number of hydrogen-bond donors (Lipinski definition) is 2. The summed E-state index contributed by atoms with van der Waals surface area (Å²) in [6.45, 7) is 7.09. The van der Waals surface area contributed by atoms with Gasteiger partial charge in [0.2, 0.25) is 5.91 Å². The molecule has 23 heavy (non-hydrogen) atoms. The monoisotopic (exact) mass is 339 g/mol. The van der Waals surface area contributed by atoms with Crippen molar-refractivity contribution in [1.29, 1.82) is 0 Å². The van der Waals surface area contributed by atoms with Crippen molar-refractivity contribution >= 4 is 23.7 Å². The normalized spacial score (nSPS) is 24.2. The number of rotatable bonds is 5. The molecule has 8 heteroatoms. The first kappa shape index (κ1) is 17.8. The molecule has 1 aliphatic rings. The van der Waals surface area contributed by atoms with Crippen LogP contribution in [0.25, 0.3) is 0 Å². The minimum absolute atomic E-state index is 0.141. The highest BCUT2D eigenvalue weighted by molar-refractivity contribution is 7.99. The zero-order valence-electron chi connectivity index (χ0n) is 13.9. The summed E-state index contributed by atoms with van der Waals surface area (Å²) in [6, 6.07) is -0.263. The molecule has 1 heterocycles. The minimum atomic E-state index is -0.404. The molecule has 3 atom stereocenters. The molecule has 2 N–H and O–H groups in total. The molecule has 128 valence electrons. The van der Waals surface area contributed by atoms with E-state index in [0.29, 0.717) is 17.0 Å². The van der Waals surface area contributed by atoms with E-state index in [2.05, 4.69) is 34.7 Å². The van der Waals surface area contributed by atoms with Gasteiger partial charge in [-0.1, -0.05) is 38.5 Å². The highest BCUT2D eigenvalue weighted by Crippen LogP contribution is 2.29. The van der Waals surface area contributed by atoms with Crippen LogP contribution in [0, 0.1) is 11.8 Å². The Balaban J connectivity index is 1.75. The summed E-state index contributed by atoms with van der Waals surface area (Å²) < 4.78 is 1.85. The van der Waals surface area contributed by atoms with E-state index in [1.807, 2.05) is 11.5 Å². The SMILES string of the molecule is CCn1cnnc1SCC(=O)NC(=O)N[C@@H]1CCC[C@@H](C)[C@H]1C. The number of amides is 3. The van der Waals surface area contributed by atoms with Crippen molar-refractivity contribution in [3.8, 4) is 0 Å². The fourth-order valence-corrected chi connectivity index (χ4v) is 3.64. The topological polar surface area (TPSA) is 88.9 Å². The fraction of sp³-hybridized carbons (Fsp3) is 0.733. The molecular weight excluding hydrogens is 314 g/mol. The van der Waals surface area contributed by atoms with Crippen molar-refractivity contribution in [2.75, 3.05) is 5.75 Å². The van der Waals surface area contributed by atoms with Crippen LogP contribution in [0.2, 0.25) is 0 Å². The molecule has 0 bridgehead atoms. The molecule has 0 aromatic carbocycles. The van der Waals surface area contributed by atoms with Crippen LogP contribution in [-0.4, -0.2) is 38.5 Å². The van der Waals surface area contributed by atoms with Crippen molar-refractivity contribution in [3.63, 3.8) is 0 Å². The number of hydrogen-bond acceptors (Lipinski definition) is 5. The van der Waals surface area contributed by atoms with E-state index >= 15 is 0 Å². The first-order valence-corrected chi connectivity index (χ1v) is 9.10. The van der Waals surface area contributed by atoms with Crippen LogP contribution in [0.3, 0.4) is 0 Å². The Morgan fingerprint density at radius 3 is 2.91 bits per heavy atom. The zero-order chi connectivity index (χ0) is 16.8. The van der Waals surface area contributed by atoms with Crippen LogP contribution < -0.4 is 10.6 Å². The second kappa shape index (κ2) is 8.33. The molecule has 0 unspecified atom stereocenters. The Bertz CT molecular complexity index is 548. The van der Waals surface area contributed by atoms with E-state index in [-0.39, 0.29) is 17.7 Å². The number of thioether (sulfide) groups is 1. The van der Waals surface area contributed by atoms with E-state index in [0.717, 1.165) is 19.4 Å². The van der Waals surface area contributed by atoms with E-state index in [4.69, 9.17) is 0 Å². The maximum atomic E-state index is 12.0. The lowest BCUT2D eigenvalue weighted by Gasteiger charge is -2.34. The predicted molar refractivity (Wildman–Crippen MR) is 89.1 cm³/mol. The number of nitrogens with one attached hydrogen (secondary N) is 2. The highest BCUT2D eigenvalue weighted by Gasteiger charge is 2.28. The number of nitrogens with zero attached hydrogens (tertiary/aromatic N) is 3. The lowest BCUT2D eigenvalue weighted by molar-refractivity contribution is -0.117. The van der Waals surface area contributed by atoms with Crippen molar-refractivity contribution in [2.24, 2.45) is 11.8 Å². The molecule has 1 aliphatic carbocycles. The summed E-state index contributed by atoms with van der Waals surface area (Å²) in [5, 5.41) is 13.8. The molecule has 2 rings (SSSR count). The number of urea groups is 1. The number of imide groups is 1. The Morgan fingerprint density at radius 1 is 1.39 bits per heavy atom. The van der Waals surface area contributed by atoms with Gasteiger partial charge in [0.05, 0.1) is 5.75 Å². The van der Waals surface area contributed by atoms with Crippen molar-refractivity contribution in [2.45, 2.75) is 57.8 Å². The lowest BCUT2D eigenvalue weighted by Crippen LogP contribution is -2.49. The van der Waals surface area contributed by atoms with E-state index in [1.54, 1.807) is 6.33 Å². The van der Waals surface area contributed by atoms with Crippen molar-refractivity contribution < 1.29 is 9.59 Å². The summed E-state index contributed by atoms with van der Waals surface area (Å²) in [5.41, 5.74) is 0. The quantitative estimate of drug-likeness (QED) is 0.801. The zero-order valence-corrected chi connectivity index (χ0v) is 14.7. The fourth-order valence-electron chi connectivity index (χ4n) is 2.86. The average molecular weight is 339 g/mol. The third-order valence-corrected chi connectivity index (χ3v) is 5.51. The Morgan fingerprint density at radius 2 is 2.17 bits per heavy atom. The molecule has 1 fully saturated rings. The van der Waals surface area contributed by atoms with Crippen LogP contribution in [-0.2, 0) is 11.3 Å². The van der Waals surface area contributed by atoms with Gasteiger partial charge in [0.15, 0.2) is 5.16 Å². The van der Waals surface area contributed by atoms with Crippen LogP contribution in [0.1, 0.15) is 40.0 Å². The van der Waals surface area contributed by atoms with Crippen molar-refractivity contribution in [1.82, 2.24) is 25.4 Å². The van der Waals surface area contributed by atoms with Gasteiger partial charge in [-0.3, -0.25) is 10.1 Å². The molecular formula is C15H25N5O2S. The van der Waals surface area contributed by atoms with Gasteiger partial charge >= 0.3 is 6.03 Å². The Hall–Kier alpha value is -1.57. The van der Waals surface area contributed by atoms with E-state index < -0.39 is 6.03 Å². The molecule has 3 amide bonds. The highest BCUT2D eigenvalue weighted by atomic mass is 32.2. The van der Waals surface area contributed by atoms with Crippen LogP contribution in [0.4, 0.5) is 4.79 Å². The lowest BCUT2D eigenvalue weighted by atomic mass is 9.78. The molecule has 0 aliphatic heterocycles. The number of carbonyl (C=O) groups excluding carboxylic acids is 2. The maximum absolute atomic E-state index is 12.0. The van der Waals surface area contributed by atoms with Gasteiger partial charge < -0.3 is 9.88 Å². The molecule has 1 aromatic rings. The molecule has 0 radical (unpaired) electrons. The molecule has 1 saturated carbocycles. The number of carbonyl (C=O) groups is 2.